The Morgan fingerprint density at radius 2 is 1.76 bits per heavy atom. The molecule has 4 atom stereocenters. The summed E-state index contributed by atoms with van der Waals surface area (Å²) in [6.45, 7) is 10.5. The van der Waals surface area contributed by atoms with E-state index in [0.717, 1.165) is 78.6 Å². The number of piperazine rings is 3. The van der Waals surface area contributed by atoms with Gasteiger partial charge in [-0.25, -0.2) is 13.2 Å². The lowest BCUT2D eigenvalue weighted by atomic mass is 9.78. The van der Waals surface area contributed by atoms with Gasteiger partial charge in [0.15, 0.2) is 6.54 Å². The number of nitrogens with zero attached hydrogens (tertiary/aromatic N) is 4. The van der Waals surface area contributed by atoms with Crippen LogP contribution in [0.1, 0.15) is 25.8 Å². The molecule has 6 heterocycles. The summed E-state index contributed by atoms with van der Waals surface area (Å²) in [5, 5.41) is 21.7. The van der Waals surface area contributed by atoms with Crippen LogP contribution in [0.4, 0.5) is 5.69 Å². The predicted octanol–water partition coefficient (Wildman–Crippen LogP) is 0.623. The molecule has 2 aromatic rings. The molecule has 0 aliphatic carbocycles. The summed E-state index contributed by atoms with van der Waals surface area (Å²) < 4.78 is 31.4. The van der Waals surface area contributed by atoms with Gasteiger partial charge in [0.05, 0.1) is 41.7 Å². The molecule has 4 N–H and O–H groups in total. The fourth-order valence-electron chi connectivity index (χ4n) is 8.88. The quantitative estimate of drug-likeness (QED) is 0.254. The van der Waals surface area contributed by atoms with Crippen molar-refractivity contribution in [1.82, 2.24) is 4.90 Å². The van der Waals surface area contributed by atoms with Crippen LogP contribution in [0.2, 0.25) is 0 Å². The van der Waals surface area contributed by atoms with Crippen LogP contribution < -0.4 is 10.0 Å². The van der Waals surface area contributed by atoms with Crippen molar-refractivity contribution in [3.05, 3.63) is 47.2 Å². The molecule has 45 heavy (non-hydrogen) atoms. The number of sulfonamides is 1. The van der Waals surface area contributed by atoms with E-state index in [0.29, 0.717) is 23.2 Å². The lowest BCUT2D eigenvalue weighted by molar-refractivity contribution is -1.08. The minimum atomic E-state index is -4.00. The molecule has 0 spiro atoms. The molecule has 0 saturated carbocycles. The highest BCUT2D eigenvalue weighted by Gasteiger charge is 2.60. The molecule has 0 unspecified atom stereocenters. The Balaban J connectivity index is 1.12. The number of anilines is 1. The number of hydrogen-bond donors (Lipinski definition) is 3. The molecule has 240 valence electrons. The van der Waals surface area contributed by atoms with Crippen molar-refractivity contribution in [2.75, 3.05) is 63.2 Å². The molecule has 8 rings (SSSR count). The molecule has 0 radical (unpaired) electrons. The molecule has 2 amide bonds. The molecule has 6 aliphatic rings. The summed E-state index contributed by atoms with van der Waals surface area (Å²) in [5.41, 5.74) is 7.16. The highest BCUT2D eigenvalue weighted by Crippen LogP contribution is 2.49. The van der Waals surface area contributed by atoms with Gasteiger partial charge in [-0.3, -0.25) is 13.9 Å². The van der Waals surface area contributed by atoms with E-state index in [2.05, 4.69) is 6.07 Å². The Morgan fingerprint density at radius 1 is 1.09 bits per heavy atom. The number of rotatable bonds is 10. The summed E-state index contributed by atoms with van der Waals surface area (Å²) in [6, 6.07) is 8.79. The highest BCUT2D eigenvalue weighted by molar-refractivity contribution is 7.93. The summed E-state index contributed by atoms with van der Waals surface area (Å²) in [6.07, 6.45) is 0.702. The topological polar surface area (TPSA) is 158 Å². The Labute approximate surface area is 262 Å². The number of aliphatic carboxylic acids is 1. The number of aliphatic hydroxyl groups is 1. The van der Waals surface area contributed by atoms with Gasteiger partial charge in [0, 0.05) is 17.7 Å². The molecular formula is C32H41N5O7S+2. The van der Waals surface area contributed by atoms with Crippen molar-refractivity contribution >= 4 is 44.3 Å². The Morgan fingerprint density at radius 3 is 2.38 bits per heavy atom. The molecule has 2 aromatic carbocycles. The third kappa shape index (κ3) is 4.49. The van der Waals surface area contributed by atoms with Gasteiger partial charge in [0.1, 0.15) is 45.0 Å². The standard InChI is InChI=1S/C32H39N5O7S/c1-19-23(30(32(41)42)35-29(19)27(20(2)38)31(35)40)17-34-24-7-3-6-22-15-21(16-25(28(22)24)45(34,43)44)5-4-8-36-9-12-37(13-10-36,14-11-36)18-26(33)39/h3,6-7,15-16,19-20,27,29,38H,4-5,8-14,17-18H2,1-2H3,(H-2,33,39,41,42)/p+2/t19-,20+,27+,29+,36?,37?/m0/s1. The first kappa shape index (κ1) is 30.2. The van der Waals surface area contributed by atoms with Crippen LogP contribution >= 0.6 is 0 Å². The SMILES string of the molecule is C[C@@H](O)[C@H]1C(=O)N2C(C(=O)O)=C(CN3c4cccc5cc(CCC[N+]67CC[N+](CC(N)=O)(CC6)CC7)cc(c45)S3(=O)=O)[C@H](C)[C@H]12. The number of aliphatic hydroxyl groups excluding tert-OH is 1. The van der Waals surface area contributed by atoms with Crippen LogP contribution in [-0.4, -0.2) is 121 Å². The van der Waals surface area contributed by atoms with Gasteiger partial charge in [-0.1, -0.05) is 25.1 Å². The van der Waals surface area contributed by atoms with E-state index in [-0.39, 0.29) is 23.0 Å². The Hall–Kier alpha value is -3.52. The number of benzene rings is 2. The van der Waals surface area contributed by atoms with Crippen molar-refractivity contribution in [2.45, 2.75) is 43.7 Å². The van der Waals surface area contributed by atoms with E-state index in [1.165, 1.54) is 16.1 Å². The average Bonchev–Trinajstić information content (AvgIpc) is 3.35. The monoisotopic (exact) mass is 639 g/mol. The van der Waals surface area contributed by atoms with Gasteiger partial charge >= 0.3 is 5.97 Å². The van der Waals surface area contributed by atoms with Crippen molar-refractivity contribution in [1.29, 1.82) is 0 Å². The minimum absolute atomic E-state index is 0.179. The predicted molar refractivity (Wildman–Crippen MR) is 165 cm³/mol. The molecule has 2 bridgehead atoms. The fourth-order valence-corrected chi connectivity index (χ4v) is 10.6. The molecule has 4 saturated heterocycles. The summed E-state index contributed by atoms with van der Waals surface area (Å²) in [5.74, 6) is -3.11. The van der Waals surface area contributed by atoms with Crippen molar-refractivity contribution in [3.63, 3.8) is 0 Å². The number of aryl methyl sites for hydroxylation is 1. The van der Waals surface area contributed by atoms with E-state index in [1.54, 1.807) is 19.1 Å². The number of carboxylic acids is 1. The fraction of sp³-hybridized carbons (Fsp3) is 0.531. The number of carbonyl (C=O) groups excluding carboxylic acids is 2. The zero-order valence-corrected chi connectivity index (χ0v) is 26.5. The third-order valence-electron chi connectivity index (χ3n) is 11.4. The van der Waals surface area contributed by atoms with Gasteiger partial charge in [0.25, 0.3) is 15.9 Å². The lowest BCUT2D eigenvalue weighted by Crippen LogP contribution is -2.76. The van der Waals surface area contributed by atoms with Crippen LogP contribution in [0.15, 0.2) is 46.5 Å². The average molecular weight is 640 g/mol. The van der Waals surface area contributed by atoms with Crippen molar-refractivity contribution in [3.8, 4) is 0 Å². The first-order valence-electron chi connectivity index (χ1n) is 15.8. The summed E-state index contributed by atoms with van der Waals surface area (Å²) in [7, 11) is -4.00. The Bertz CT molecular complexity index is 1760. The number of β-lactam (4-membered cyclic amide) rings is 1. The van der Waals surface area contributed by atoms with Gasteiger partial charge in [-0.2, -0.15) is 0 Å². The van der Waals surface area contributed by atoms with Crippen LogP contribution in [0, 0.1) is 11.8 Å². The van der Waals surface area contributed by atoms with Crippen LogP contribution in [0.5, 0.6) is 0 Å². The third-order valence-corrected chi connectivity index (χ3v) is 13.2. The number of fused-ring (bicyclic) bond motifs is 4. The van der Waals surface area contributed by atoms with E-state index < -0.39 is 45.9 Å². The highest BCUT2D eigenvalue weighted by atomic mass is 32.2. The molecule has 6 aliphatic heterocycles. The van der Waals surface area contributed by atoms with E-state index in [9.17, 15) is 33.0 Å². The van der Waals surface area contributed by atoms with Crippen LogP contribution in [-0.2, 0) is 30.8 Å². The Kier molecular flexibility index (Phi) is 6.86. The zero-order chi connectivity index (χ0) is 32.1. The van der Waals surface area contributed by atoms with E-state index in [4.69, 9.17) is 5.73 Å². The van der Waals surface area contributed by atoms with Crippen molar-refractivity contribution in [2.24, 2.45) is 17.6 Å². The summed E-state index contributed by atoms with van der Waals surface area (Å²) in [4.78, 5) is 38.2. The van der Waals surface area contributed by atoms with Crippen molar-refractivity contribution < 1.29 is 42.0 Å². The maximum absolute atomic E-state index is 14.1. The number of carboxylic acid groups (broad SMARTS) is 1. The maximum Gasteiger partial charge on any atom is 0.352 e. The zero-order valence-electron chi connectivity index (χ0n) is 25.7. The second-order valence-electron chi connectivity index (χ2n) is 13.9. The first-order chi connectivity index (χ1) is 21.3. The van der Waals surface area contributed by atoms with E-state index >= 15 is 0 Å². The maximum atomic E-state index is 14.1. The molecular weight excluding hydrogens is 598 g/mol. The lowest BCUT2D eigenvalue weighted by Gasteiger charge is -2.55. The van der Waals surface area contributed by atoms with Crippen LogP contribution in [0.3, 0.4) is 0 Å². The number of carbonyl (C=O) groups is 3. The molecule has 0 aromatic heterocycles. The first-order valence-corrected chi connectivity index (χ1v) is 17.3. The van der Waals surface area contributed by atoms with Crippen LogP contribution in [0.25, 0.3) is 10.8 Å². The second kappa shape index (κ2) is 10.2. The molecule has 12 nitrogen and oxygen atoms in total. The number of quaternary nitrogens is 2. The molecule has 13 heteroatoms. The van der Waals surface area contributed by atoms with Gasteiger partial charge in [-0.15, -0.1) is 0 Å². The molecule has 4 fully saturated rings. The summed E-state index contributed by atoms with van der Waals surface area (Å²) >= 11 is 0. The van der Waals surface area contributed by atoms with Gasteiger partial charge in [-0.05, 0) is 42.0 Å². The van der Waals surface area contributed by atoms with Gasteiger partial charge in [0.2, 0.25) is 5.91 Å². The normalized spacial score (nSPS) is 31.8. The minimum Gasteiger partial charge on any atom is -0.477 e. The number of primary amides is 1. The number of nitrogens with two attached hydrogens (primary N) is 1. The second-order valence-corrected chi connectivity index (χ2v) is 15.7. The number of hydrogen-bond acceptors (Lipinski definition) is 6. The van der Waals surface area contributed by atoms with Gasteiger partial charge < -0.3 is 29.8 Å². The van der Waals surface area contributed by atoms with E-state index in [1.807, 2.05) is 12.1 Å². The number of amides is 2. The largest absolute Gasteiger partial charge is 0.477 e. The smallest absolute Gasteiger partial charge is 0.352 e.